The largest absolute Gasteiger partial charge is 0.493 e. The molecule has 0 atom stereocenters. The molecule has 0 amide bonds. The van der Waals surface area contributed by atoms with E-state index < -0.39 is 0 Å². The summed E-state index contributed by atoms with van der Waals surface area (Å²) in [5.41, 5.74) is 2.18. The number of aliphatic imine (C=N–C) groups is 1. The summed E-state index contributed by atoms with van der Waals surface area (Å²) in [7, 11) is 3.56. The molecule has 0 bridgehead atoms. The molecule has 1 aromatic heterocycles. The molecule has 0 spiro atoms. The van der Waals surface area contributed by atoms with Crippen LogP contribution in [0.25, 0.3) is 0 Å². The van der Waals surface area contributed by atoms with Gasteiger partial charge in [-0.25, -0.2) is 4.99 Å². The third kappa shape index (κ3) is 6.65. The van der Waals surface area contributed by atoms with E-state index in [2.05, 4.69) is 20.7 Å². The van der Waals surface area contributed by atoms with Gasteiger partial charge in [-0.3, -0.25) is 4.68 Å². The molecule has 2 N–H and O–H groups in total. The van der Waals surface area contributed by atoms with E-state index in [0.29, 0.717) is 24.6 Å². The molecule has 0 saturated heterocycles. The normalized spacial score (nSPS) is 10.8. The zero-order valence-corrected chi connectivity index (χ0v) is 19.8. The fourth-order valence-electron chi connectivity index (χ4n) is 2.75. The number of aryl methyl sites for hydroxylation is 1. The van der Waals surface area contributed by atoms with Gasteiger partial charge in [0.1, 0.15) is 5.75 Å². The van der Waals surface area contributed by atoms with E-state index in [1.54, 1.807) is 13.3 Å². The standard InChI is InChI=1S/C22H27N5O2.HI/c1-4-23-22(25-16-18-13-14-26-27(18)2)24-15-17-9-11-19(12-10-17)29-21-8-6-5-7-20(21)28-3;/h5-14H,4,15-16H2,1-3H3,(H2,23,24,25);1H. The molecule has 0 aliphatic heterocycles. The minimum atomic E-state index is 0. The Morgan fingerprint density at radius 2 is 1.77 bits per heavy atom. The molecule has 0 fully saturated rings. The van der Waals surface area contributed by atoms with Crippen LogP contribution in [0.5, 0.6) is 17.2 Å². The molecule has 160 valence electrons. The Hall–Kier alpha value is -2.75. The number of rotatable bonds is 8. The first-order valence-corrected chi connectivity index (χ1v) is 9.58. The second kappa shape index (κ2) is 12.1. The Morgan fingerprint density at radius 3 is 2.40 bits per heavy atom. The minimum Gasteiger partial charge on any atom is -0.493 e. The molecule has 1 heterocycles. The van der Waals surface area contributed by atoms with Crippen molar-refractivity contribution < 1.29 is 9.47 Å². The summed E-state index contributed by atoms with van der Waals surface area (Å²) < 4.78 is 13.1. The van der Waals surface area contributed by atoms with E-state index in [1.807, 2.05) is 73.3 Å². The zero-order chi connectivity index (χ0) is 20.5. The quantitative estimate of drug-likeness (QED) is 0.266. The Kier molecular flexibility index (Phi) is 9.46. The summed E-state index contributed by atoms with van der Waals surface area (Å²) in [4.78, 5) is 4.66. The predicted octanol–water partition coefficient (Wildman–Crippen LogP) is 4.09. The highest BCUT2D eigenvalue weighted by Gasteiger charge is 2.05. The predicted molar refractivity (Wildman–Crippen MR) is 130 cm³/mol. The molecule has 0 unspecified atom stereocenters. The molecule has 30 heavy (non-hydrogen) atoms. The number of nitrogens with zero attached hydrogens (tertiary/aromatic N) is 3. The van der Waals surface area contributed by atoms with Gasteiger partial charge in [0.05, 0.1) is 25.9 Å². The summed E-state index contributed by atoms with van der Waals surface area (Å²) in [6, 6.07) is 17.5. The van der Waals surface area contributed by atoms with Crippen LogP contribution in [0.2, 0.25) is 0 Å². The van der Waals surface area contributed by atoms with Gasteiger partial charge in [-0.05, 0) is 42.8 Å². The maximum atomic E-state index is 5.92. The van der Waals surface area contributed by atoms with Crippen LogP contribution >= 0.6 is 24.0 Å². The van der Waals surface area contributed by atoms with Crippen LogP contribution in [0.1, 0.15) is 18.2 Å². The van der Waals surface area contributed by atoms with Crippen LogP contribution in [-0.2, 0) is 20.1 Å². The number of hydrogen-bond acceptors (Lipinski definition) is 4. The van der Waals surface area contributed by atoms with Gasteiger partial charge in [-0.15, -0.1) is 24.0 Å². The van der Waals surface area contributed by atoms with Crippen LogP contribution in [0.15, 0.2) is 65.8 Å². The van der Waals surface area contributed by atoms with Crippen molar-refractivity contribution in [2.24, 2.45) is 12.0 Å². The number of halogens is 1. The minimum absolute atomic E-state index is 0. The fourth-order valence-corrected chi connectivity index (χ4v) is 2.75. The average molecular weight is 521 g/mol. The third-order valence-electron chi connectivity index (χ3n) is 4.34. The van der Waals surface area contributed by atoms with E-state index in [0.717, 1.165) is 29.5 Å². The number of nitrogens with one attached hydrogen (secondary N) is 2. The van der Waals surface area contributed by atoms with Gasteiger partial charge in [0, 0.05) is 19.8 Å². The van der Waals surface area contributed by atoms with E-state index in [4.69, 9.17) is 9.47 Å². The van der Waals surface area contributed by atoms with Crippen LogP contribution in [0.4, 0.5) is 0 Å². The number of ether oxygens (including phenoxy) is 2. The summed E-state index contributed by atoms with van der Waals surface area (Å²) in [5, 5.41) is 10.8. The highest BCUT2D eigenvalue weighted by molar-refractivity contribution is 14.0. The van der Waals surface area contributed by atoms with Crippen molar-refractivity contribution in [1.29, 1.82) is 0 Å². The summed E-state index contributed by atoms with van der Waals surface area (Å²) >= 11 is 0. The fraction of sp³-hybridized carbons (Fsp3) is 0.273. The van der Waals surface area contributed by atoms with E-state index >= 15 is 0 Å². The molecule has 2 aromatic carbocycles. The van der Waals surface area contributed by atoms with Gasteiger partial charge < -0.3 is 20.1 Å². The van der Waals surface area contributed by atoms with Crippen molar-refractivity contribution in [3.63, 3.8) is 0 Å². The lowest BCUT2D eigenvalue weighted by molar-refractivity contribution is 0.379. The van der Waals surface area contributed by atoms with E-state index in [1.165, 1.54) is 0 Å². The highest BCUT2D eigenvalue weighted by Crippen LogP contribution is 2.30. The van der Waals surface area contributed by atoms with Crippen molar-refractivity contribution in [3.05, 3.63) is 72.1 Å². The first-order valence-electron chi connectivity index (χ1n) is 9.58. The molecule has 8 heteroatoms. The Balaban J connectivity index is 0.00000320. The van der Waals surface area contributed by atoms with Crippen LogP contribution in [0.3, 0.4) is 0 Å². The SMILES string of the molecule is CCNC(=NCc1ccc(Oc2ccccc2OC)cc1)NCc1ccnn1C.I. The van der Waals surface area contributed by atoms with Gasteiger partial charge in [0.2, 0.25) is 0 Å². The number of guanidine groups is 1. The van der Waals surface area contributed by atoms with Gasteiger partial charge >= 0.3 is 0 Å². The maximum Gasteiger partial charge on any atom is 0.191 e. The smallest absolute Gasteiger partial charge is 0.191 e. The van der Waals surface area contributed by atoms with Crippen LogP contribution < -0.4 is 20.1 Å². The van der Waals surface area contributed by atoms with Gasteiger partial charge in [-0.2, -0.15) is 5.10 Å². The summed E-state index contributed by atoms with van der Waals surface area (Å²) in [6.45, 7) is 4.07. The average Bonchev–Trinajstić information content (AvgIpc) is 3.16. The van der Waals surface area contributed by atoms with Crippen LogP contribution in [0, 0.1) is 0 Å². The second-order valence-corrected chi connectivity index (χ2v) is 6.39. The molecule has 7 nitrogen and oxygen atoms in total. The Bertz CT molecular complexity index is 941. The third-order valence-corrected chi connectivity index (χ3v) is 4.34. The lowest BCUT2D eigenvalue weighted by Crippen LogP contribution is -2.37. The molecule has 0 aliphatic carbocycles. The van der Waals surface area contributed by atoms with Gasteiger partial charge in [0.25, 0.3) is 0 Å². The molecular formula is C22H28IN5O2. The molecular weight excluding hydrogens is 493 g/mol. The molecule has 3 rings (SSSR count). The number of hydrogen-bond donors (Lipinski definition) is 2. The van der Waals surface area contributed by atoms with Gasteiger partial charge in [-0.1, -0.05) is 24.3 Å². The number of aromatic nitrogens is 2. The van der Waals surface area contributed by atoms with Crippen molar-refractivity contribution in [1.82, 2.24) is 20.4 Å². The Labute approximate surface area is 194 Å². The van der Waals surface area contributed by atoms with Crippen LogP contribution in [-0.4, -0.2) is 29.4 Å². The second-order valence-electron chi connectivity index (χ2n) is 6.39. The topological polar surface area (TPSA) is 72.7 Å². The van der Waals surface area contributed by atoms with E-state index in [9.17, 15) is 0 Å². The zero-order valence-electron chi connectivity index (χ0n) is 17.5. The molecule has 0 aliphatic rings. The highest BCUT2D eigenvalue weighted by atomic mass is 127. The molecule has 0 radical (unpaired) electrons. The van der Waals surface area contributed by atoms with Gasteiger partial charge in [0.15, 0.2) is 17.5 Å². The van der Waals surface area contributed by atoms with Crippen molar-refractivity contribution in [2.45, 2.75) is 20.0 Å². The number of benzene rings is 2. The molecule has 3 aromatic rings. The molecule has 0 saturated carbocycles. The Morgan fingerprint density at radius 1 is 1.03 bits per heavy atom. The first-order chi connectivity index (χ1) is 14.2. The van der Waals surface area contributed by atoms with E-state index in [-0.39, 0.29) is 24.0 Å². The number of methoxy groups -OCH3 is 1. The first kappa shape index (κ1) is 23.5. The maximum absolute atomic E-state index is 5.92. The summed E-state index contributed by atoms with van der Waals surface area (Å²) in [5.74, 6) is 2.91. The summed E-state index contributed by atoms with van der Waals surface area (Å²) in [6.07, 6.45) is 1.79. The monoisotopic (exact) mass is 521 g/mol. The lowest BCUT2D eigenvalue weighted by Gasteiger charge is -2.12. The van der Waals surface area contributed by atoms with Crippen molar-refractivity contribution in [2.75, 3.05) is 13.7 Å². The lowest BCUT2D eigenvalue weighted by atomic mass is 10.2. The van der Waals surface area contributed by atoms with Crippen molar-refractivity contribution in [3.8, 4) is 17.2 Å². The van der Waals surface area contributed by atoms with Crippen molar-refractivity contribution >= 4 is 29.9 Å². The number of para-hydroxylation sites is 2.